The summed E-state index contributed by atoms with van der Waals surface area (Å²) in [5, 5.41) is 24.6. The molecule has 1 saturated heterocycles. The molecule has 0 aromatic heterocycles. The van der Waals surface area contributed by atoms with Crippen molar-refractivity contribution in [3.8, 4) is 5.75 Å². The monoisotopic (exact) mass is 453 g/mol. The summed E-state index contributed by atoms with van der Waals surface area (Å²) < 4.78 is 0. The number of carboxylic acids is 1. The highest BCUT2D eigenvalue weighted by Crippen LogP contribution is 2.37. The number of carboxylic acid groups (broad SMARTS) is 1. The molecule has 0 aliphatic carbocycles. The number of hydrogen-bond acceptors (Lipinski definition) is 4. The maximum absolute atomic E-state index is 12.8. The Morgan fingerprint density at radius 1 is 1.03 bits per heavy atom. The number of piperidine rings is 1. The number of nitrogens with one attached hydrogen (secondary N) is 2. The average molecular weight is 454 g/mol. The van der Waals surface area contributed by atoms with Gasteiger partial charge in [-0.25, -0.2) is 4.79 Å². The van der Waals surface area contributed by atoms with E-state index >= 15 is 0 Å². The summed E-state index contributed by atoms with van der Waals surface area (Å²) in [4.78, 5) is 26.6. The van der Waals surface area contributed by atoms with Crippen LogP contribution < -0.4 is 15.5 Å². The van der Waals surface area contributed by atoms with E-state index in [0.29, 0.717) is 23.2 Å². The summed E-state index contributed by atoms with van der Waals surface area (Å²) in [6, 6.07) is 11.8. The largest absolute Gasteiger partial charge is 0.508 e. The molecule has 178 valence electrons. The summed E-state index contributed by atoms with van der Waals surface area (Å²) in [5.41, 5.74) is 3.07. The van der Waals surface area contributed by atoms with E-state index in [1.807, 2.05) is 32.0 Å². The van der Waals surface area contributed by atoms with Crippen molar-refractivity contribution in [3.05, 3.63) is 48.0 Å². The molecule has 2 aromatic rings. The lowest BCUT2D eigenvalue weighted by Crippen LogP contribution is -2.39. The number of carbonyl (C=O) groups excluding carboxylic acids is 1. The fraction of sp³-hybridized carbons (Fsp3) is 0.462. The molecule has 1 heterocycles. The number of aromatic hydroxyl groups is 1. The zero-order chi connectivity index (χ0) is 24.1. The maximum Gasteiger partial charge on any atom is 0.323 e. The molecule has 3 rings (SSSR count). The zero-order valence-corrected chi connectivity index (χ0v) is 19.8. The first-order chi connectivity index (χ1) is 15.6. The van der Waals surface area contributed by atoms with Gasteiger partial charge in [-0.2, -0.15) is 0 Å². The molecule has 7 nitrogen and oxygen atoms in total. The average Bonchev–Trinajstić information content (AvgIpc) is 2.72. The number of nitrogens with zero attached hydrogens (tertiary/aromatic N) is 1. The van der Waals surface area contributed by atoms with Crippen LogP contribution in [0.15, 0.2) is 42.5 Å². The van der Waals surface area contributed by atoms with E-state index in [9.17, 15) is 19.8 Å². The first kappa shape index (κ1) is 24.4. The Kier molecular flexibility index (Phi) is 7.84. The summed E-state index contributed by atoms with van der Waals surface area (Å²) >= 11 is 0. The van der Waals surface area contributed by atoms with E-state index in [4.69, 9.17) is 0 Å². The molecule has 0 bridgehead atoms. The van der Waals surface area contributed by atoms with Gasteiger partial charge in [0.05, 0.1) is 17.8 Å². The van der Waals surface area contributed by atoms with Gasteiger partial charge in [0, 0.05) is 18.8 Å². The summed E-state index contributed by atoms with van der Waals surface area (Å²) in [6.07, 6.45) is 1.21. The number of amides is 2. The van der Waals surface area contributed by atoms with Crippen LogP contribution in [0, 0.1) is 17.8 Å². The molecule has 0 saturated carbocycles. The van der Waals surface area contributed by atoms with Crippen molar-refractivity contribution in [1.82, 2.24) is 0 Å². The van der Waals surface area contributed by atoms with Crippen LogP contribution in [0.4, 0.5) is 21.9 Å². The molecular formula is C26H35N3O4. The van der Waals surface area contributed by atoms with Gasteiger partial charge in [-0.1, -0.05) is 33.8 Å². The fourth-order valence-electron chi connectivity index (χ4n) is 4.78. The Bertz CT molecular complexity index is 964. The van der Waals surface area contributed by atoms with Gasteiger partial charge in [-0.15, -0.1) is 0 Å². The van der Waals surface area contributed by atoms with Crippen LogP contribution in [0.25, 0.3) is 0 Å². The number of phenolic OH excluding ortho intramolecular Hbond substituents is 1. The molecule has 0 spiro atoms. The number of phenols is 1. The number of carbonyl (C=O) groups is 2. The van der Waals surface area contributed by atoms with Crippen molar-refractivity contribution in [2.24, 2.45) is 17.8 Å². The normalized spacial score (nSPS) is 19.2. The zero-order valence-electron chi connectivity index (χ0n) is 19.8. The second-order valence-corrected chi connectivity index (χ2v) is 9.70. The highest BCUT2D eigenvalue weighted by Gasteiger charge is 2.26. The second-order valence-electron chi connectivity index (χ2n) is 9.70. The third-order valence-corrected chi connectivity index (χ3v) is 6.23. The molecule has 33 heavy (non-hydrogen) atoms. The first-order valence-corrected chi connectivity index (χ1v) is 11.6. The summed E-state index contributed by atoms with van der Waals surface area (Å²) in [6.45, 7) is 10.3. The Balaban J connectivity index is 1.92. The lowest BCUT2D eigenvalue weighted by Gasteiger charge is -2.38. The molecule has 3 unspecified atom stereocenters. The Labute approximate surface area is 195 Å². The number of hydrogen-bond donors (Lipinski definition) is 4. The van der Waals surface area contributed by atoms with Crippen LogP contribution in [0.5, 0.6) is 5.75 Å². The van der Waals surface area contributed by atoms with Gasteiger partial charge >= 0.3 is 12.0 Å². The molecule has 1 aliphatic rings. The summed E-state index contributed by atoms with van der Waals surface area (Å²) in [7, 11) is 0. The number of urea groups is 1. The van der Waals surface area contributed by atoms with Crippen LogP contribution in [-0.4, -0.2) is 35.3 Å². The van der Waals surface area contributed by atoms with Crippen LogP contribution in [0.2, 0.25) is 0 Å². The van der Waals surface area contributed by atoms with Gasteiger partial charge in [-0.3, -0.25) is 4.79 Å². The maximum atomic E-state index is 12.8. The molecule has 4 N–H and O–H groups in total. The van der Waals surface area contributed by atoms with E-state index in [0.717, 1.165) is 24.3 Å². The van der Waals surface area contributed by atoms with Crippen LogP contribution in [-0.2, 0) is 4.79 Å². The molecule has 2 aromatic carbocycles. The van der Waals surface area contributed by atoms with Crippen LogP contribution >= 0.6 is 0 Å². The molecule has 2 amide bonds. The van der Waals surface area contributed by atoms with Crippen molar-refractivity contribution >= 4 is 29.1 Å². The fourth-order valence-corrected chi connectivity index (χ4v) is 4.78. The number of anilines is 3. The van der Waals surface area contributed by atoms with E-state index in [-0.39, 0.29) is 24.0 Å². The minimum Gasteiger partial charge on any atom is -0.508 e. The van der Waals surface area contributed by atoms with Crippen molar-refractivity contribution in [1.29, 1.82) is 0 Å². The number of aliphatic carboxylic acids is 1. The third-order valence-electron chi connectivity index (χ3n) is 6.23. The van der Waals surface area contributed by atoms with E-state index in [1.165, 1.54) is 18.6 Å². The smallest absolute Gasteiger partial charge is 0.323 e. The van der Waals surface area contributed by atoms with Gasteiger partial charge in [0.15, 0.2) is 0 Å². The van der Waals surface area contributed by atoms with Crippen molar-refractivity contribution in [2.75, 3.05) is 28.6 Å². The Morgan fingerprint density at radius 3 is 2.24 bits per heavy atom. The molecule has 1 fully saturated rings. The quantitative estimate of drug-likeness (QED) is 0.401. The number of benzene rings is 2. The number of rotatable bonds is 7. The van der Waals surface area contributed by atoms with Gasteiger partial charge in [0.25, 0.3) is 0 Å². The first-order valence-electron chi connectivity index (χ1n) is 11.6. The third kappa shape index (κ3) is 6.63. The van der Waals surface area contributed by atoms with E-state index in [2.05, 4.69) is 29.4 Å². The van der Waals surface area contributed by atoms with Crippen LogP contribution in [0.1, 0.15) is 52.0 Å². The predicted molar refractivity (Wildman–Crippen MR) is 132 cm³/mol. The van der Waals surface area contributed by atoms with Gasteiger partial charge in [0.1, 0.15) is 5.75 Å². The van der Waals surface area contributed by atoms with E-state index in [1.54, 1.807) is 12.1 Å². The molecular weight excluding hydrogens is 418 g/mol. The Hall–Kier alpha value is -3.22. The topological polar surface area (TPSA) is 102 Å². The lowest BCUT2D eigenvalue weighted by atomic mass is 9.85. The SMILES string of the molecule is CC1CC(C)CN(c2ccc(C(CC(=O)O)C(C)C)cc2NC(=O)Nc2ccc(O)cc2)C1. The second kappa shape index (κ2) is 10.6. The van der Waals surface area contributed by atoms with Crippen molar-refractivity contribution in [3.63, 3.8) is 0 Å². The Morgan fingerprint density at radius 2 is 1.67 bits per heavy atom. The van der Waals surface area contributed by atoms with Crippen molar-refractivity contribution < 1.29 is 19.8 Å². The minimum absolute atomic E-state index is 0.0357. The molecule has 0 radical (unpaired) electrons. The minimum atomic E-state index is -0.837. The predicted octanol–water partition coefficient (Wildman–Crippen LogP) is 5.73. The van der Waals surface area contributed by atoms with Gasteiger partial charge < -0.3 is 25.7 Å². The van der Waals surface area contributed by atoms with E-state index < -0.39 is 12.0 Å². The van der Waals surface area contributed by atoms with Crippen molar-refractivity contribution in [2.45, 2.75) is 46.5 Å². The van der Waals surface area contributed by atoms with Crippen LogP contribution in [0.3, 0.4) is 0 Å². The highest BCUT2D eigenvalue weighted by molar-refractivity contribution is 6.02. The van der Waals surface area contributed by atoms with Gasteiger partial charge in [-0.05, 0) is 72.1 Å². The highest BCUT2D eigenvalue weighted by atomic mass is 16.4. The lowest BCUT2D eigenvalue weighted by molar-refractivity contribution is -0.137. The standard InChI is InChI=1S/C26H35N3O4/c1-16(2)22(13-25(31)32)19-5-10-24(29-14-17(3)11-18(4)15-29)23(12-19)28-26(33)27-20-6-8-21(30)9-7-20/h5-10,12,16-18,22,30H,11,13-15H2,1-4H3,(H,31,32)(H2,27,28,33). The summed E-state index contributed by atoms with van der Waals surface area (Å²) in [5.74, 6) is 0.362. The molecule has 7 heteroatoms. The van der Waals surface area contributed by atoms with Gasteiger partial charge in [0.2, 0.25) is 0 Å². The molecule has 1 aliphatic heterocycles. The molecule has 3 atom stereocenters.